The summed E-state index contributed by atoms with van der Waals surface area (Å²) >= 11 is 0. The molecular formula is C26H27FN2O4S. The van der Waals surface area contributed by atoms with E-state index in [2.05, 4.69) is 0 Å². The third kappa shape index (κ3) is 4.28. The van der Waals surface area contributed by atoms with E-state index in [-0.39, 0.29) is 18.4 Å². The average molecular weight is 483 g/mol. The van der Waals surface area contributed by atoms with Gasteiger partial charge >= 0.3 is 6.09 Å². The first-order chi connectivity index (χ1) is 16.5. The Kier molecular flexibility index (Phi) is 6.27. The van der Waals surface area contributed by atoms with Crippen LogP contribution in [0.25, 0.3) is 10.8 Å². The topological polar surface area (TPSA) is 66.9 Å². The lowest BCUT2D eigenvalue weighted by Crippen LogP contribution is -2.51. The number of hydrogen-bond donors (Lipinski definition) is 0. The van der Waals surface area contributed by atoms with Gasteiger partial charge < -0.3 is 4.74 Å². The van der Waals surface area contributed by atoms with Crippen LogP contribution in [0.3, 0.4) is 0 Å². The highest BCUT2D eigenvalue weighted by Crippen LogP contribution is 2.35. The van der Waals surface area contributed by atoms with Crippen molar-refractivity contribution in [2.45, 2.75) is 38.6 Å². The number of rotatable bonds is 6. The van der Waals surface area contributed by atoms with Crippen molar-refractivity contribution in [3.8, 4) is 0 Å². The molecule has 5 rings (SSSR count). The number of anilines is 1. The molecule has 8 heteroatoms. The Morgan fingerprint density at radius 2 is 1.65 bits per heavy atom. The quantitative estimate of drug-likeness (QED) is 0.506. The molecule has 1 saturated heterocycles. The fourth-order valence-electron chi connectivity index (χ4n) is 5.07. The molecule has 1 fully saturated rings. The van der Waals surface area contributed by atoms with E-state index in [1.807, 2.05) is 48.5 Å². The summed E-state index contributed by atoms with van der Waals surface area (Å²) in [4.78, 5) is 14.2. The molecule has 6 nitrogen and oxygen atoms in total. The minimum absolute atomic E-state index is 0.0340. The second-order valence-corrected chi connectivity index (χ2v) is 10.9. The maximum Gasteiger partial charge on any atom is 0.414 e. The van der Waals surface area contributed by atoms with Crippen LogP contribution in [-0.2, 0) is 34.5 Å². The number of alkyl halides is 1. The number of benzene rings is 3. The van der Waals surface area contributed by atoms with Gasteiger partial charge in [-0.15, -0.1) is 0 Å². The molecule has 0 bridgehead atoms. The summed E-state index contributed by atoms with van der Waals surface area (Å²) in [5.74, 6) is 0.0340. The number of nitrogens with zero attached hydrogens (tertiary/aromatic N) is 2. The SMILES string of the molecule is O=C1OCc2cccc(CF)c2N1C1CCN(S(=O)(=O)CCc2cccc3ccccc23)CC1. The predicted octanol–water partition coefficient (Wildman–Crippen LogP) is 4.80. The van der Waals surface area contributed by atoms with E-state index in [4.69, 9.17) is 4.74 Å². The fourth-order valence-corrected chi connectivity index (χ4v) is 6.57. The van der Waals surface area contributed by atoms with E-state index >= 15 is 0 Å². The highest BCUT2D eigenvalue weighted by molar-refractivity contribution is 7.89. The molecule has 34 heavy (non-hydrogen) atoms. The Labute approximate surface area is 199 Å². The fraction of sp³-hybridized carbons (Fsp3) is 0.346. The number of cyclic esters (lactones) is 1. The van der Waals surface area contributed by atoms with Gasteiger partial charge in [-0.1, -0.05) is 60.7 Å². The number of piperidine rings is 1. The summed E-state index contributed by atoms with van der Waals surface area (Å²) in [6.07, 6.45) is 0.895. The molecule has 3 aromatic carbocycles. The number of amides is 1. The molecule has 178 valence electrons. The van der Waals surface area contributed by atoms with Crippen molar-refractivity contribution in [1.29, 1.82) is 0 Å². The molecule has 2 aliphatic rings. The minimum Gasteiger partial charge on any atom is -0.444 e. The molecule has 3 aromatic rings. The standard InChI is InChI=1S/C26H27FN2O4S/c27-17-21-8-4-9-22-18-33-26(30)29(25(21)22)23-11-14-28(15-12-23)34(31,32)16-13-20-7-3-6-19-5-1-2-10-24(19)20/h1-10,23H,11-18H2. The van der Waals surface area contributed by atoms with Crippen molar-refractivity contribution in [2.24, 2.45) is 0 Å². The summed E-state index contributed by atoms with van der Waals surface area (Å²) in [5, 5.41) is 2.17. The van der Waals surface area contributed by atoms with Gasteiger partial charge in [-0.2, -0.15) is 0 Å². The number of aryl methyl sites for hydroxylation is 1. The van der Waals surface area contributed by atoms with Gasteiger partial charge in [-0.05, 0) is 35.6 Å². The lowest BCUT2D eigenvalue weighted by molar-refractivity contribution is 0.135. The number of halogens is 1. The predicted molar refractivity (Wildman–Crippen MR) is 130 cm³/mol. The third-order valence-electron chi connectivity index (χ3n) is 6.83. The summed E-state index contributed by atoms with van der Waals surface area (Å²) in [5.41, 5.74) is 2.83. The van der Waals surface area contributed by atoms with Gasteiger partial charge in [0, 0.05) is 30.3 Å². The second-order valence-electron chi connectivity index (χ2n) is 8.82. The van der Waals surface area contributed by atoms with Crippen molar-refractivity contribution in [2.75, 3.05) is 23.7 Å². The molecule has 0 unspecified atom stereocenters. The third-order valence-corrected chi connectivity index (χ3v) is 8.70. The summed E-state index contributed by atoms with van der Waals surface area (Å²) < 4.78 is 46.7. The van der Waals surface area contributed by atoms with Crippen LogP contribution in [0.4, 0.5) is 14.9 Å². The van der Waals surface area contributed by atoms with Gasteiger partial charge in [0.2, 0.25) is 10.0 Å². The van der Waals surface area contributed by atoms with Crippen LogP contribution in [-0.4, -0.2) is 43.7 Å². The normalized spacial score (nSPS) is 17.6. The number of fused-ring (bicyclic) bond motifs is 2. The molecule has 0 N–H and O–H groups in total. The van der Waals surface area contributed by atoms with Crippen LogP contribution in [0.2, 0.25) is 0 Å². The molecule has 2 heterocycles. The largest absolute Gasteiger partial charge is 0.444 e. The van der Waals surface area contributed by atoms with Gasteiger partial charge in [0.1, 0.15) is 13.3 Å². The van der Waals surface area contributed by atoms with Gasteiger partial charge in [0.05, 0.1) is 11.4 Å². The van der Waals surface area contributed by atoms with Crippen LogP contribution in [0.15, 0.2) is 60.7 Å². The van der Waals surface area contributed by atoms with Crippen molar-refractivity contribution >= 4 is 32.6 Å². The van der Waals surface area contributed by atoms with E-state index in [9.17, 15) is 17.6 Å². The van der Waals surface area contributed by atoms with Crippen LogP contribution >= 0.6 is 0 Å². The minimum atomic E-state index is -3.45. The summed E-state index contributed by atoms with van der Waals surface area (Å²) in [6.45, 7) is 0.0904. The van der Waals surface area contributed by atoms with Crippen LogP contribution in [0.5, 0.6) is 0 Å². The molecule has 2 aliphatic heterocycles. The number of para-hydroxylation sites is 1. The van der Waals surface area contributed by atoms with E-state index in [0.29, 0.717) is 43.6 Å². The summed E-state index contributed by atoms with van der Waals surface area (Å²) in [6, 6.07) is 19.0. The van der Waals surface area contributed by atoms with Crippen molar-refractivity contribution < 1.29 is 22.3 Å². The highest BCUT2D eigenvalue weighted by atomic mass is 32.2. The zero-order valence-electron chi connectivity index (χ0n) is 18.8. The molecular weight excluding hydrogens is 455 g/mol. The first kappa shape index (κ1) is 22.8. The van der Waals surface area contributed by atoms with Crippen molar-refractivity contribution in [3.05, 3.63) is 77.4 Å². The van der Waals surface area contributed by atoms with E-state index in [0.717, 1.165) is 21.9 Å². The lowest BCUT2D eigenvalue weighted by atomic mass is 9.99. The van der Waals surface area contributed by atoms with Gasteiger partial charge in [0.15, 0.2) is 0 Å². The van der Waals surface area contributed by atoms with Crippen molar-refractivity contribution in [1.82, 2.24) is 4.31 Å². The molecule has 0 aromatic heterocycles. The number of sulfonamides is 1. The average Bonchev–Trinajstić information content (AvgIpc) is 2.87. The first-order valence-corrected chi connectivity index (χ1v) is 13.2. The Bertz CT molecular complexity index is 1300. The van der Waals surface area contributed by atoms with E-state index < -0.39 is 22.8 Å². The van der Waals surface area contributed by atoms with Gasteiger partial charge in [0.25, 0.3) is 0 Å². The van der Waals surface area contributed by atoms with Crippen molar-refractivity contribution in [3.63, 3.8) is 0 Å². The highest BCUT2D eigenvalue weighted by Gasteiger charge is 2.37. The Hall–Kier alpha value is -2.97. The van der Waals surface area contributed by atoms with Gasteiger partial charge in [-0.3, -0.25) is 4.90 Å². The second kappa shape index (κ2) is 9.35. The Balaban J connectivity index is 1.28. The molecule has 0 radical (unpaired) electrons. The number of hydrogen-bond acceptors (Lipinski definition) is 4. The molecule has 0 aliphatic carbocycles. The van der Waals surface area contributed by atoms with Crippen LogP contribution in [0.1, 0.15) is 29.5 Å². The van der Waals surface area contributed by atoms with Gasteiger partial charge in [-0.25, -0.2) is 21.9 Å². The van der Waals surface area contributed by atoms with E-state index in [1.165, 1.54) is 9.21 Å². The maximum atomic E-state index is 13.7. The Morgan fingerprint density at radius 1 is 0.941 bits per heavy atom. The zero-order chi connectivity index (χ0) is 23.7. The number of carbonyl (C=O) groups is 1. The number of carbonyl (C=O) groups excluding carboxylic acids is 1. The van der Waals surface area contributed by atoms with Crippen LogP contribution < -0.4 is 4.90 Å². The summed E-state index contributed by atoms with van der Waals surface area (Å²) in [7, 11) is -3.45. The first-order valence-electron chi connectivity index (χ1n) is 11.5. The molecule has 1 amide bonds. The maximum absolute atomic E-state index is 13.7. The zero-order valence-corrected chi connectivity index (χ0v) is 19.6. The molecule has 0 spiro atoms. The molecule has 0 saturated carbocycles. The molecule has 0 atom stereocenters. The van der Waals surface area contributed by atoms with E-state index in [1.54, 1.807) is 12.1 Å². The van der Waals surface area contributed by atoms with Crippen LogP contribution in [0, 0.1) is 0 Å². The number of ether oxygens (including phenoxy) is 1. The lowest BCUT2D eigenvalue weighted by Gasteiger charge is -2.40. The Morgan fingerprint density at radius 3 is 2.44 bits per heavy atom. The monoisotopic (exact) mass is 482 g/mol. The smallest absolute Gasteiger partial charge is 0.414 e.